The molecule has 0 saturated carbocycles. The lowest BCUT2D eigenvalue weighted by atomic mass is 10.1. The third-order valence-electron chi connectivity index (χ3n) is 3.07. The molecule has 0 saturated heterocycles. The second-order valence-electron chi connectivity index (χ2n) is 4.44. The molecular weight excluding hydrogens is 268 g/mol. The van der Waals surface area contributed by atoms with Crippen molar-refractivity contribution in [2.75, 3.05) is 5.73 Å². The maximum absolute atomic E-state index is 12.4. The van der Waals surface area contributed by atoms with Crippen molar-refractivity contribution in [3.8, 4) is 11.4 Å². The zero-order valence-electron chi connectivity index (χ0n) is 11.0. The minimum atomic E-state index is -0.288. The quantitative estimate of drug-likeness (QED) is 0.713. The Balaban J connectivity index is 2.01. The van der Waals surface area contributed by atoms with E-state index >= 15 is 0 Å². The van der Waals surface area contributed by atoms with E-state index in [4.69, 9.17) is 5.73 Å². The molecular formula is C15H12N4O2. The molecule has 0 aliphatic heterocycles. The van der Waals surface area contributed by atoms with Gasteiger partial charge >= 0.3 is 0 Å². The molecule has 21 heavy (non-hydrogen) atoms. The van der Waals surface area contributed by atoms with Crippen LogP contribution in [0.25, 0.3) is 5.69 Å². The van der Waals surface area contributed by atoms with Gasteiger partial charge in [-0.05, 0) is 24.3 Å². The first-order valence-electron chi connectivity index (χ1n) is 6.24. The molecule has 104 valence electrons. The summed E-state index contributed by atoms with van der Waals surface area (Å²) in [5.41, 5.74) is 7.37. The Morgan fingerprint density at radius 1 is 1.19 bits per heavy atom. The van der Waals surface area contributed by atoms with Crippen LogP contribution in [-0.4, -0.2) is 25.7 Å². The Bertz CT molecular complexity index is 796. The number of carbonyl (C=O) groups is 1. The number of anilines is 1. The molecule has 3 N–H and O–H groups in total. The van der Waals surface area contributed by atoms with Gasteiger partial charge in [0.1, 0.15) is 11.6 Å². The number of phenolic OH excluding ortho intramolecular Hbond substituents is 1. The molecule has 2 heterocycles. The highest BCUT2D eigenvalue weighted by Crippen LogP contribution is 2.21. The predicted molar refractivity (Wildman–Crippen MR) is 77.3 cm³/mol. The number of aromatic hydroxyl groups is 1. The van der Waals surface area contributed by atoms with E-state index in [2.05, 4.69) is 10.1 Å². The number of nitrogen functional groups attached to an aromatic ring is 1. The topological polar surface area (TPSA) is 94.0 Å². The lowest BCUT2D eigenvalue weighted by molar-refractivity contribution is 0.103. The van der Waals surface area contributed by atoms with Crippen LogP contribution in [0.4, 0.5) is 5.82 Å². The van der Waals surface area contributed by atoms with Crippen LogP contribution in [-0.2, 0) is 0 Å². The van der Waals surface area contributed by atoms with Crippen molar-refractivity contribution < 1.29 is 9.90 Å². The molecule has 0 amide bonds. The fourth-order valence-electron chi connectivity index (χ4n) is 2.03. The third-order valence-corrected chi connectivity index (χ3v) is 3.07. The van der Waals surface area contributed by atoms with Crippen LogP contribution in [0.3, 0.4) is 0 Å². The summed E-state index contributed by atoms with van der Waals surface area (Å²) >= 11 is 0. The highest BCUT2D eigenvalue weighted by atomic mass is 16.3. The summed E-state index contributed by atoms with van der Waals surface area (Å²) in [5.74, 6) is -0.0146. The van der Waals surface area contributed by atoms with Crippen LogP contribution >= 0.6 is 0 Å². The molecule has 0 atom stereocenters. The van der Waals surface area contributed by atoms with Crippen molar-refractivity contribution in [3.63, 3.8) is 0 Å². The molecule has 0 unspecified atom stereocenters. The Labute approximate surface area is 120 Å². The van der Waals surface area contributed by atoms with E-state index in [1.807, 2.05) is 0 Å². The smallest absolute Gasteiger partial charge is 0.198 e. The molecule has 3 rings (SSSR count). The molecule has 0 aliphatic carbocycles. The van der Waals surface area contributed by atoms with Crippen LogP contribution in [0.5, 0.6) is 5.75 Å². The third kappa shape index (κ3) is 2.34. The van der Waals surface area contributed by atoms with Crippen molar-refractivity contribution in [2.45, 2.75) is 0 Å². The summed E-state index contributed by atoms with van der Waals surface area (Å²) in [6.07, 6.45) is 4.66. The van der Waals surface area contributed by atoms with Gasteiger partial charge in [0, 0.05) is 18.0 Å². The van der Waals surface area contributed by atoms with E-state index in [9.17, 15) is 9.90 Å². The van der Waals surface area contributed by atoms with Gasteiger partial charge in [-0.3, -0.25) is 9.78 Å². The average Bonchev–Trinajstić information content (AvgIpc) is 2.89. The van der Waals surface area contributed by atoms with Gasteiger partial charge in [0.05, 0.1) is 17.4 Å². The maximum atomic E-state index is 12.4. The van der Waals surface area contributed by atoms with Crippen LogP contribution < -0.4 is 5.73 Å². The minimum absolute atomic E-state index is 0.0287. The highest BCUT2D eigenvalue weighted by molar-refractivity contribution is 6.11. The second kappa shape index (κ2) is 5.09. The normalized spacial score (nSPS) is 10.5. The monoisotopic (exact) mass is 280 g/mol. The number of carbonyl (C=O) groups excluding carboxylic acids is 1. The molecule has 3 aromatic rings. The zero-order valence-corrected chi connectivity index (χ0v) is 11.0. The molecule has 6 heteroatoms. The Morgan fingerprint density at radius 3 is 2.67 bits per heavy atom. The summed E-state index contributed by atoms with van der Waals surface area (Å²) in [7, 11) is 0. The Morgan fingerprint density at radius 2 is 1.95 bits per heavy atom. The largest absolute Gasteiger partial charge is 0.508 e. The van der Waals surface area contributed by atoms with E-state index in [-0.39, 0.29) is 22.9 Å². The van der Waals surface area contributed by atoms with Crippen LogP contribution in [0, 0.1) is 0 Å². The SMILES string of the molecule is Nc1c(C(=O)c2cccc(O)c2)cnn1-c1ccncc1. The van der Waals surface area contributed by atoms with Crippen LogP contribution in [0.1, 0.15) is 15.9 Å². The van der Waals surface area contributed by atoms with Gasteiger partial charge in [-0.2, -0.15) is 5.10 Å². The van der Waals surface area contributed by atoms with E-state index < -0.39 is 0 Å². The molecule has 0 fully saturated rings. The summed E-state index contributed by atoms with van der Waals surface area (Å²) in [4.78, 5) is 16.3. The van der Waals surface area contributed by atoms with Crippen molar-refractivity contribution >= 4 is 11.6 Å². The number of nitrogens with two attached hydrogens (primary N) is 1. The first-order chi connectivity index (χ1) is 10.2. The van der Waals surface area contributed by atoms with Gasteiger partial charge in [0.2, 0.25) is 0 Å². The van der Waals surface area contributed by atoms with E-state index in [0.717, 1.165) is 5.69 Å². The van der Waals surface area contributed by atoms with Crippen LogP contribution in [0.15, 0.2) is 55.0 Å². The molecule has 0 aliphatic rings. The fourth-order valence-corrected chi connectivity index (χ4v) is 2.03. The average molecular weight is 280 g/mol. The number of rotatable bonds is 3. The summed E-state index contributed by atoms with van der Waals surface area (Å²) < 4.78 is 1.47. The number of benzene rings is 1. The predicted octanol–water partition coefficient (Wildman–Crippen LogP) is 1.79. The number of nitrogens with zero attached hydrogens (tertiary/aromatic N) is 3. The fraction of sp³-hybridized carbons (Fsp3) is 0. The van der Waals surface area contributed by atoms with Crippen molar-refractivity contribution in [3.05, 3.63) is 66.1 Å². The number of aromatic nitrogens is 3. The Kier molecular flexibility index (Phi) is 3.12. The number of pyridine rings is 1. The van der Waals surface area contributed by atoms with Crippen molar-refractivity contribution in [1.29, 1.82) is 0 Å². The number of phenols is 1. The highest BCUT2D eigenvalue weighted by Gasteiger charge is 2.17. The van der Waals surface area contributed by atoms with E-state index in [0.29, 0.717) is 5.56 Å². The first kappa shape index (κ1) is 12.9. The lowest BCUT2D eigenvalue weighted by Gasteiger charge is -2.04. The summed E-state index contributed by atoms with van der Waals surface area (Å²) in [6.45, 7) is 0. The van der Waals surface area contributed by atoms with Crippen molar-refractivity contribution in [1.82, 2.24) is 14.8 Å². The van der Waals surface area contributed by atoms with Crippen molar-refractivity contribution in [2.24, 2.45) is 0 Å². The summed E-state index contributed by atoms with van der Waals surface area (Å²) in [6, 6.07) is 9.60. The number of ketones is 1. The number of hydrogen-bond acceptors (Lipinski definition) is 5. The van der Waals surface area contributed by atoms with E-state index in [1.54, 1.807) is 36.7 Å². The zero-order chi connectivity index (χ0) is 14.8. The molecule has 0 bridgehead atoms. The molecule has 2 aromatic heterocycles. The molecule has 1 aromatic carbocycles. The van der Waals surface area contributed by atoms with Gasteiger partial charge in [-0.1, -0.05) is 12.1 Å². The molecule has 0 spiro atoms. The second-order valence-corrected chi connectivity index (χ2v) is 4.44. The van der Waals surface area contributed by atoms with Gasteiger partial charge in [-0.15, -0.1) is 0 Å². The number of hydrogen-bond donors (Lipinski definition) is 2. The van der Waals surface area contributed by atoms with Crippen LogP contribution in [0.2, 0.25) is 0 Å². The first-order valence-corrected chi connectivity index (χ1v) is 6.24. The maximum Gasteiger partial charge on any atom is 0.198 e. The molecule has 0 radical (unpaired) electrons. The summed E-state index contributed by atoms with van der Waals surface area (Å²) in [5, 5.41) is 13.6. The van der Waals surface area contributed by atoms with Gasteiger partial charge in [0.15, 0.2) is 5.78 Å². The lowest BCUT2D eigenvalue weighted by Crippen LogP contribution is -2.07. The standard InChI is InChI=1S/C15H12N4O2/c16-15-13(14(21)10-2-1-3-12(20)8-10)9-18-19(15)11-4-6-17-7-5-11/h1-9,20H,16H2. The molecule has 6 nitrogen and oxygen atoms in total. The van der Waals surface area contributed by atoms with E-state index in [1.165, 1.54) is 23.0 Å². The minimum Gasteiger partial charge on any atom is -0.508 e. The van der Waals surface area contributed by atoms with Gasteiger partial charge in [0.25, 0.3) is 0 Å². The Hall–Kier alpha value is -3.15. The van der Waals surface area contributed by atoms with Gasteiger partial charge in [-0.25, -0.2) is 4.68 Å². The van der Waals surface area contributed by atoms with Gasteiger partial charge < -0.3 is 10.8 Å².